The maximum absolute atomic E-state index is 13.1. The third kappa shape index (κ3) is 5.43. The average Bonchev–Trinajstić information content (AvgIpc) is 3.65. The molecule has 1 aliphatic carbocycles. The summed E-state index contributed by atoms with van der Waals surface area (Å²) in [6.45, 7) is 0.503. The Bertz CT molecular complexity index is 1400. The molecular formula is C29H31N5O3. The maximum Gasteiger partial charge on any atom is 0.342 e. The van der Waals surface area contributed by atoms with Gasteiger partial charge >= 0.3 is 6.03 Å². The van der Waals surface area contributed by atoms with E-state index in [1.165, 1.54) is 10.7 Å². The molecule has 1 saturated carbocycles. The predicted octanol–water partition coefficient (Wildman–Crippen LogP) is 5.30. The first kappa shape index (κ1) is 24.4. The number of phenols is 1. The summed E-state index contributed by atoms with van der Waals surface area (Å²) < 4.78 is 3.19. The zero-order valence-electron chi connectivity index (χ0n) is 20.9. The minimum Gasteiger partial charge on any atom is -0.507 e. The molecule has 8 heteroatoms. The molecule has 190 valence electrons. The molecular weight excluding hydrogens is 466 g/mol. The van der Waals surface area contributed by atoms with Crippen LogP contribution in [0.2, 0.25) is 0 Å². The number of phenolic OH excluding ortho intramolecular Hbond substituents is 1. The molecule has 2 heterocycles. The molecule has 4 aromatic rings. The van der Waals surface area contributed by atoms with Crippen LogP contribution in [0.5, 0.6) is 5.75 Å². The van der Waals surface area contributed by atoms with Gasteiger partial charge in [-0.3, -0.25) is 4.79 Å². The minimum atomic E-state index is -0.268. The summed E-state index contributed by atoms with van der Waals surface area (Å²) >= 11 is 0. The van der Waals surface area contributed by atoms with E-state index >= 15 is 0 Å². The Balaban J connectivity index is 1.35. The third-order valence-electron chi connectivity index (χ3n) is 6.94. The Morgan fingerprint density at radius 1 is 1.03 bits per heavy atom. The monoisotopic (exact) mass is 497 g/mol. The molecule has 0 aliphatic heterocycles. The molecule has 1 aliphatic rings. The molecule has 0 spiro atoms. The standard InChI is InChI=1S/C29H31N5O3/c1-33-17-7-12-25(33)28(36)31-22-13-14-23(27(35)18-22)24-19-26(21-10-5-6-11-21)34(32-24)29(37)30-16-15-20-8-3-2-4-9-20/h2-4,7-9,12-14,17-19,21,35H,5-6,10-11,15-16H2,1H3,(H,30,37)(H,31,36). The molecule has 1 fully saturated rings. The summed E-state index contributed by atoms with van der Waals surface area (Å²) in [5, 5.41) is 21.2. The fourth-order valence-electron chi connectivity index (χ4n) is 4.95. The van der Waals surface area contributed by atoms with Gasteiger partial charge in [-0.25, -0.2) is 4.79 Å². The fraction of sp³-hybridized carbons (Fsp3) is 0.276. The van der Waals surface area contributed by atoms with Gasteiger partial charge in [-0.15, -0.1) is 0 Å². The number of aromatic nitrogens is 3. The number of carbonyl (C=O) groups excluding carboxylic acids is 2. The summed E-state index contributed by atoms with van der Waals surface area (Å²) in [7, 11) is 1.80. The first-order chi connectivity index (χ1) is 18.0. The summed E-state index contributed by atoms with van der Waals surface area (Å²) in [5.41, 5.74) is 4.04. The smallest absolute Gasteiger partial charge is 0.342 e. The topological polar surface area (TPSA) is 101 Å². The normalized spacial score (nSPS) is 13.5. The van der Waals surface area contributed by atoms with Crippen LogP contribution >= 0.6 is 0 Å². The zero-order valence-corrected chi connectivity index (χ0v) is 20.9. The first-order valence-electron chi connectivity index (χ1n) is 12.7. The number of anilines is 1. The summed E-state index contributed by atoms with van der Waals surface area (Å²) in [6.07, 6.45) is 6.81. The molecule has 0 radical (unpaired) electrons. The SMILES string of the molecule is Cn1cccc1C(=O)Nc1ccc(-c2cc(C3CCCC3)n(C(=O)NCCc3ccccc3)n2)c(O)c1. The first-order valence-corrected chi connectivity index (χ1v) is 12.7. The lowest BCUT2D eigenvalue weighted by Gasteiger charge is -2.12. The van der Waals surface area contributed by atoms with Crippen molar-refractivity contribution in [2.45, 2.75) is 38.0 Å². The number of aromatic hydroxyl groups is 1. The fourth-order valence-corrected chi connectivity index (χ4v) is 4.95. The lowest BCUT2D eigenvalue weighted by Crippen LogP contribution is -2.32. The zero-order chi connectivity index (χ0) is 25.8. The van der Waals surface area contributed by atoms with Crippen LogP contribution in [-0.2, 0) is 13.5 Å². The van der Waals surface area contributed by atoms with E-state index in [2.05, 4.69) is 15.7 Å². The van der Waals surface area contributed by atoms with Crippen LogP contribution in [-0.4, -0.2) is 37.9 Å². The highest BCUT2D eigenvalue weighted by Gasteiger charge is 2.26. The molecule has 3 N–H and O–H groups in total. The molecule has 0 bridgehead atoms. The minimum absolute atomic E-state index is 0.0169. The van der Waals surface area contributed by atoms with E-state index in [0.29, 0.717) is 29.2 Å². The second-order valence-electron chi connectivity index (χ2n) is 9.51. The van der Waals surface area contributed by atoms with Gasteiger partial charge < -0.3 is 20.3 Å². The van der Waals surface area contributed by atoms with E-state index in [9.17, 15) is 14.7 Å². The van der Waals surface area contributed by atoms with Crippen molar-refractivity contribution < 1.29 is 14.7 Å². The van der Waals surface area contributed by atoms with Crippen LogP contribution in [0.3, 0.4) is 0 Å². The number of nitrogens with one attached hydrogen (secondary N) is 2. The van der Waals surface area contributed by atoms with E-state index in [4.69, 9.17) is 0 Å². The summed E-state index contributed by atoms with van der Waals surface area (Å²) in [4.78, 5) is 25.7. The quantitative estimate of drug-likeness (QED) is 0.322. The van der Waals surface area contributed by atoms with Crippen LogP contribution in [0.25, 0.3) is 11.3 Å². The summed E-state index contributed by atoms with van der Waals surface area (Å²) in [5.74, 6) is -0.0245. The highest BCUT2D eigenvalue weighted by Crippen LogP contribution is 2.38. The summed E-state index contributed by atoms with van der Waals surface area (Å²) in [6, 6.07) is 20.1. The van der Waals surface area contributed by atoms with E-state index in [1.54, 1.807) is 42.1 Å². The average molecular weight is 498 g/mol. The van der Waals surface area contributed by atoms with Gasteiger partial charge in [0.2, 0.25) is 0 Å². The Kier molecular flexibility index (Phi) is 7.07. The molecule has 5 rings (SSSR count). The number of rotatable bonds is 7. The number of benzene rings is 2. The van der Waals surface area contributed by atoms with Crippen LogP contribution in [0.1, 0.15) is 53.3 Å². The molecule has 0 unspecified atom stereocenters. The van der Waals surface area contributed by atoms with Crippen molar-refractivity contribution in [3.8, 4) is 17.0 Å². The van der Waals surface area contributed by atoms with Crippen molar-refractivity contribution >= 4 is 17.6 Å². The largest absolute Gasteiger partial charge is 0.507 e. The number of nitrogens with zero attached hydrogens (tertiary/aromatic N) is 3. The second-order valence-corrected chi connectivity index (χ2v) is 9.51. The molecule has 0 saturated heterocycles. The predicted molar refractivity (Wildman–Crippen MR) is 143 cm³/mol. The van der Waals surface area contributed by atoms with Crippen molar-refractivity contribution in [3.63, 3.8) is 0 Å². The number of amides is 2. The molecule has 8 nitrogen and oxygen atoms in total. The van der Waals surface area contributed by atoms with Crippen LogP contribution in [0.15, 0.2) is 72.9 Å². The van der Waals surface area contributed by atoms with Gasteiger partial charge in [0, 0.05) is 43.0 Å². The van der Waals surface area contributed by atoms with Crippen molar-refractivity contribution in [1.29, 1.82) is 0 Å². The van der Waals surface area contributed by atoms with Gasteiger partial charge in [0.25, 0.3) is 5.91 Å². The van der Waals surface area contributed by atoms with Crippen molar-refractivity contribution in [3.05, 3.63) is 89.9 Å². The van der Waals surface area contributed by atoms with E-state index in [1.807, 2.05) is 36.4 Å². The van der Waals surface area contributed by atoms with Gasteiger partial charge in [0.05, 0.1) is 11.4 Å². The maximum atomic E-state index is 13.1. The van der Waals surface area contributed by atoms with E-state index < -0.39 is 0 Å². The van der Waals surface area contributed by atoms with Gasteiger partial charge in [-0.2, -0.15) is 9.78 Å². The van der Waals surface area contributed by atoms with E-state index in [-0.39, 0.29) is 23.6 Å². The molecule has 2 aromatic carbocycles. The lowest BCUT2D eigenvalue weighted by molar-refractivity contribution is 0.101. The second kappa shape index (κ2) is 10.7. The number of aryl methyl sites for hydroxylation is 1. The van der Waals surface area contributed by atoms with Gasteiger partial charge in [0.15, 0.2) is 0 Å². The Morgan fingerprint density at radius 2 is 1.81 bits per heavy atom. The number of hydrogen-bond acceptors (Lipinski definition) is 4. The third-order valence-corrected chi connectivity index (χ3v) is 6.94. The Labute approximate surface area is 215 Å². The molecule has 37 heavy (non-hydrogen) atoms. The van der Waals surface area contributed by atoms with Crippen LogP contribution < -0.4 is 10.6 Å². The van der Waals surface area contributed by atoms with Gasteiger partial charge in [-0.05, 0) is 55.2 Å². The van der Waals surface area contributed by atoms with Crippen molar-refractivity contribution in [2.24, 2.45) is 7.05 Å². The Hall–Kier alpha value is -4.33. The van der Waals surface area contributed by atoms with E-state index in [0.717, 1.165) is 43.4 Å². The van der Waals surface area contributed by atoms with Crippen LogP contribution in [0.4, 0.5) is 10.5 Å². The van der Waals surface area contributed by atoms with Gasteiger partial charge in [0.1, 0.15) is 11.4 Å². The van der Waals surface area contributed by atoms with Crippen molar-refractivity contribution in [1.82, 2.24) is 19.7 Å². The van der Waals surface area contributed by atoms with Gasteiger partial charge in [-0.1, -0.05) is 43.2 Å². The molecule has 2 amide bonds. The lowest BCUT2D eigenvalue weighted by atomic mass is 10.0. The highest BCUT2D eigenvalue weighted by molar-refractivity contribution is 6.03. The Morgan fingerprint density at radius 3 is 2.51 bits per heavy atom. The molecule has 0 atom stereocenters. The number of hydrogen-bond donors (Lipinski definition) is 3. The highest BCUT2D eigenvalue weighted by atomic mass is 16.3. The van der Waals surface area contributed by atoms with Crippen LogP contribution in [0, 0.1) is 0 Å². The molecule has 2 aromatic heterocycles. The van der Waals surface area contributed by atoms with Crippen molar-refractivity contribution in [2.75, 3.05) is 11.9 Å². The number of carbonyl (C=O) groups is 2.